The first-order chi connectivity index (χ1) is 9.81. The molecule has 110 valence electrons. The topological polar surface area (TPSA) is 43.5 Å². The minimum absolute atomic E-state index is 0.285. The fraction of sp³-hybridized carbons (Fsp3) is 0.625. The van der Waals surface area contributed by atoms with Crippen LogP contribution in [0.1, 0.15) is 25.0 Å². The Morgan fingerprint density at radius 3 is 1.60 bits per heavy atom. The molecule has 0 aliphatic carbocycles. The smallest absolute Gasteiger partial charge is 0.123 e. The number of rotatable bonds is 8. The van der Waals surface area contributed by atoms with Gasteiger partial charge in [-0.25, -0.2) is 0 Å². The van der Waals surface area contributed by atoms with Crippen molar-refractivity contribution in [3.05, 3.63) is 23.3 Å². The fourth-order valence-electron chi connectivity index (χ4n) is 2.39. The molecule has 0 bridgehead atoms. The highest BCUT2D eigenvalue weighted by atomic mass is 16.6. The third-order valence-corrected chi connectivity index (χ3v) is 3.71. The van der Waals surface area contributed by atoms with Crippen LogP contribution < -0.4 is 9.47 Å². The summed E-state index contributed by atoms with van der Waals surface area (Å²) in [5, 5.41) is 0. The summed E-state index contributed by atoms with van der Waals surface area (Å²) in [6.07, 6.45) is 2.46. The molecule has 0 saturated carbocycles. The Balaban J connectivity index is 1.75. The molecule has 20 heavy (non-hydrogen) atoms. The lowest BCUT2D eigenvalue weighted by Crippen LogP contribution is -2.10. The largest absolute Gasteiger partial charge is 0.490 e. The van der Waals surface area contributed by atoms with Gasteiger partial charge < -0.3 is 18.9 Å². The molecule has 0 N–H and O–H groups in total. The first-order valence-electron chi connectivity index (χ1n) is 7.45. The van der Waals surface area contributed by atoms with E-state index in [1.807, 2.05) is 12.1 Å². The number of ether oxygens (including phenoxy) is 4. The Hall–Kier alpha value is -1.26. The van der Waals surface area contributed by atoms with Gasteiger partial charge in [-0.2, -0.15) is 0 Å². The van der Waals surface area contributed by atoms with Gasteiger partial charge in [0.15, 0.2) is 0 Å². The molecule has 2 atom stereocenters. The molecule has 2 fully saturated rings. The molecule has 1 aromatic rings. The van der Waals surface area contributed by atoms with Gasteiger partial charge in [0, 0.05) is 11.1 Å². The van der Waals surface area contributed by atoms with Crippen LogP contribution in [0.15, 0.2) is 12.1 Å². The first-order valence-corrected chi connectivity index (χ1v) is 7.45. The van der Waals surface area contributed by atoms with E-state index < -0.39 is 0 Å². The summed E-state index contributed by atoms with van der Waals surface area (Å²) in [6, 6.07) is 4.03. The second-order valence-corrected chi connectivity index (χ2v) is 5.26. The molecule has 4 nitrogen and oxygen atoms in total. The van der Waals surface area contributed by atoms with Crippen LogP contribution in [0.25, 0.3) is 0 Å². The average Bonchev–Trinajstić information content (AvgIpc) is 3.36. The minimum atomic E-state index is 0.285. The Labute approximate surface area is 120 Å². The van der Waals surface area contributed by atoms with Crippen LogP contribution in [0, 0.1) is 0 Å². The van der Waals surface area contributed by atoms with Crippen molar-refractivity contribution in [3.63, 3.8) is 0 Å². The van der Waals surface area contributed by atoms with E-state index >= 15 is 0 Å². The van der Waals surface area contributed by atoms with Crippen LogP contribution in [0.3, 0.4) is 0 Å². The quantitative estimate of drug-likeness (QED) is 0.685. The number of hydrogen-bond acceptors (Lipinski definition) is 4. The van der Waals surface area contributed by atoms with Gasteiger partial charge in [0.2, 0.25) is 0 Å². The summed E-state index contributed by atoms with van der Waals surface area (Å²) in [5.74, 6) is 1.93. The van der Waals surface area contributed by atoms with Gasteiger partial charge >= 0.3 is 0 Å². The van der Waals surface area contributed by atoms with Crippen LogP contribution >= 0.6 is 0 Å². The van der Waals surface area contributed by atoms with Crippen molar-refractivity contribution in [2.45, 2.75) is 38.9 Å². The molecule has 0 aromatic heterocycles. The van der Waals surface area contributed by atoms with Gasteiger partial charge in [-0.1, -0.05) is 13.8 Å². The Bertz CT molecular complexity index is 421. The maximum Gasteiger partial charge on any atom is 0.123 e. The predicted octanol–water partition coefficient (Wildman–Crippen LogP) is 2.37. The van der Waals surface area contributed by atoms with Crippen molar-refractivity contribution < 1.29 is 18.9 Å². The number of benzene rings is 1. The fourth-order valence-corrected chi connectivity index (χ4v) is 2.39. The highest BCUT2D eigenvalue weighted by Gasteiger charge is 2.25. The second-order valence-electron chi connectivity index (χ2n) is 5.26. The lowest BCUT2D eigenvalue weighted by atomic mass is 10.0. The molecular formula is C16H22O4. The van der Waals surface area contributed by atoms with Crippen LogP contribution in [-0.2, 0) is 22.3 Å². The van der Waals surface area contributed by atoms with Gasteiger partial charge in [0.25, 0.3) is 0 Å². The van der Waals surface area contributed by atoms with Crippen molar-refractivity contribution in [2.75, 3.05) is 26.4 Å². The van der Waals surface area contributed by atoms with Gasteiger partial charge in [-0.15, -0.1) is 0 Å². The summed E-state index contributed by atoms with van der Waals surface area (Å²) in [4.78, 5) is 0. The van der Waals surface area contributed by atoms with Crippen LogP contribution in [0.2, 0.25) is 0 Å². The third-order valence-electron chi connectivity index (χ3n) is 3.71. The van der Waals surface area contributed by atoms with Crippen molar-refractivity contribution in [2.24, 2.45) is 0 Å². The predicted molar refractivity (Wildman–Crippen MR) is 75.7 cm³/mol. The highest BCUT2D eigenvalue weighted by Crippen LogP contribution is 2.32. The Morgan fingerprint density at radius 1 is 0.900 bits per heavy atom. The molecule has 2 unspecified atom stereocenters. The zero-order valence-corrected chi connectivity index (χ0v) is 12.2. The van der Waals surface area contributed by atoms with Gasteiger partial charge in [-0.05, 0) is 25.0 Å². The van der Waals surface area contributed by atoms with Gasteiger partial charge in [0.1, 0.15) is 36.9 Å². The maximum absolute atomic E-state index is 5.88. The van der Waals surface area contributed by atoms with E-state index in [9.17, 15) is 0 Å². The normalized spacial score (nSPS) is 23.5. The molecule has 0 radical (unpaired) electrons. The van der Waals surface area contributed by atoms with E-state index in [1.165, 1.54) is 11.1 Å². The van der Waals surface area contributed by atoms with Crippen LogP contribution in [-0.4, -0.2) is 38.6 Å². The minimum Gasteiger partial charge on any atom is -0.490 e. The molecule has 1 aromatic carbocycles. The molecule has 3 rings (SSSR count). The lowest BCUT2D eigenvalue weighted by Gasteiger charge is -2.17. The Morgan fingerprint density at radius 2 is 1.30 bits per heavy atom. The monoisotopic (exact) mass is 278 g/mol. The van der Waals surface area contributed by atoms with Crippen LogP contribution in [0.5, 0.6) is 11.5 Å². The molecule has 2 saturated heterocycles. The van der Waals surface area contributed by atoms with Crippen molar-refractivity contribution in [1.29, 1.82) is 0 Å². The molecule has 4 heteroatoms. The van der Waals surface area contributed by atoms with Crippen molar-refractivity contribution in [3.8, 4) is 11.5 Å². The zero-order chi connectivity index (χ0) is 13.9. The van der Waals surface area contributed by atoms with Crippen LogP contribution in [0.4, 0.5) is 0 Å². The Kier molecular flexibility index (Phi) is 4.13. The van der Waals surface area contributed by atoms with E-state index in [4.69, 9.17) is 18.9 Å². The van der Waals surface area contributed by atoms with E-state index in [2.05, 4.69) is 13.8 Å². The third kappa shape index (κ3) is 3.25. The first kappa shape index (κ1) is 13.7. The standard InChI is InChI=1S/C16H22O4/c1-3-13-14(4-2)16(20-10-12-8-18-12)6-5-15(13)19-9-11-7-17-11/h5-6,11-12H,3-4,7-10H2,1-2H3. The van der Waals surface area contributed by atoms with E-state index in [0.717, 1.165) is 37.6 Å². The molecule has 2 aliphatic heterocycles. The number of epoxide rings is 2. The maximum atomic E-state index is 5.88. The molecule has 2 aliphatic rings. The number of hydrogen-bond donors (Lipinski definition) is 0. The summed E-state index contributed by atoms with van der Waals surface area (Å²) >= 11 is 0. The lowest BCUT2D eigenvalue weighted by molar-refractivity contribution is 0.254. The van der Waals surface area contributed by atoms with Gasteiger partial charge in [0.05, 0.1) is 13.2 Å². The second kappa shape index (κ2) is 6.02. The molecule has 0 spiro atoms. The molecule has 2 heterocycles. The molecule has 0 amide bonds. The average molecular weight is 278 g/mol. The zero-order valence-electron chi connectivity index (χ0n) is 12.2. The SMILES string of the molecule is CCc1c(OCC2CO2)ccc(OCC2CO2)c1CC. The van der Waals surface area contributed by atoms with Crippen molar-refractivity contribution >= 4 is 0 Å². The van der Waals surface area contributed by atoms with E-state index in [-0.39, 0.29) is 12.2 Å². The highest BCUT2D eigenvalue weighted by molar-refractivity contribution is 5.49. The van der Waals surface area contributed by atoms with Crippen molar-refractivity contribution in [1.82, 2.24) is 0 Å². The summed E-state index contributed by atoms with van der Waals surface area (Å²) < 4.78 is 22.1. The molecular weight excluding hydrogens is 256 g/mol. The van der Waals surface area contributed by atoms with E-state index in [0.29, 0.717) is 13.2 Å². The summed E-state index contributed by atoms with van der Waals surface area (Å²) in [5.41, 5.74) is 2.50. The summed E-state index contributed by atoms with van der Waals surface area (Å²) in [6.45, 7) is 7.25. The summed E-state index contributed by atoms with van der Waals surface area (Å²) in [7, 11) is 0. The van der Waals surface area contributed by atoms with Gasteiger partial charge in [-0.3, -0.25) is 0 Å². The van der Waals surface area contributed by atoms with E-state index in [1.54, 1.807) is 0 Å².